The van der Waals surface area contributed by atoms with E-state index in [4.69, 9.17) is 4.74 Å². The number of aromatic nitrogens is 1. The zero-order valence-electron chi connectivity index (χ0n) is 8.40. The number of rotatable bonds is 1. The van der Waals surface area contributed by atoms with Gasteiger partial charge in [0.15, 0.2) is 11.5 Å². The van der Waals surface area contributed by atoms with Crippen molar-refractivity contribution >= 4 is 11.6 Å². The highest BCUT2D eigenvalue weighted by Gasteiger charge is 2.27. The highest BCUT2D eigenvalue weighted by molar-refractivity contribution is 6.22. The molecular weight excluding hydrogens is 194 g/mol. The summed E-state index contributed by atoms with van der Waals surface area (Å²) in [6.45, 7) is 1.77. The van der Waals surface area contributed by atoms with E-state index in [9.17, 15) is 9.59 Å². The van der Waals surface area contributed by atoms with Gasteiger partial charge in [0, 0.05) is 11.8 Å². The first-order chi connectivity index (χ1) is 7.13. The van der Waals surface area contributed by atoms with Gasteiger partial charge in [-0.05, 0) is 19.1 Å². The van der Waals surface area contributed by atoms with Crippen molar-refractivity contribution in [3.63, 3.8) is 0 Å². The van der Waals surface area contributed by atoms with Crippen LogP contribution in [0.1, 0.15) is 26.5 Å². The normalized spacial score (nSPS) is 14.7. The molecule has 0 aliphatic heterocycles. The van der Waals surface area contributed by atoms with Gasteiger partial charge in [-0.1, -0.05) is 0 Å². The lowest BCUT2D eigenvalue weighted by Gasteiger charge is -2.13. The van der Waals surface area contributed by atoms with Gasteiger partial charge in [0.25, 0.3) is 0 Å². The molecule has 1 aromatic heterocycles. The number of pyridine rings is 1. The van der Waals surface area contributed by atoms with Crippen LogP contribution in [-0.2, 0) is 4.74 Å². The van der Waals surface area contributed by atoms with Crippen LogP contribution in [0, 0.1) is 6.92 Å². The average Bonchev–Trinajstić information content (AvgIpc) is 2.23. The molecule has 1 aliphatic carbocycles. The van der Waals surface area contributed by atoms with Gasteiger partial charge < -0.3 is 4.74 Å². The van der Waals surface area contributed by atoms with Crippen molar-refractivity contribution in [1.82, 2.24) is 4.98 Å². The maximum atomic E-state index is 11.7. The monoisotopic (exact) mass is 203 g/mol. The maximum Gasteiger partial charge on any atom is 0.246 e. The molecule has 0 N–H and O–H groups in total. The molecule has 0 atom stereocenters. The number of ketones is 2. The number of nitrogens with zero attached hydrogens (tertiary/aromatic N) is 1. The second kappa shape index (κ2) is 3.31. The molecule has 2 rings (SSSR count). The number of carbonyl (C=O) groups is 2. The minimum Gasteiger partial charge on any atom is -0.492 e. The van der Waals surface area contributed by atoms with E-state index in [1.54, 1.807) is 19.1 Å². The number of fused-ring (bicyclic) bond motifs is 1. The predicted octanol–water partition coefficient (Wildman–Crippen LogP) is 1.30. The molecule has 1 aromatic rings. The Balaban J connectivity index is 2.62. The number of methoxy groups -OCH3 is 1. The van der Waals surface area contributed by atoms with E-state index in [-0.39, 0.29) is 23.0 Å². The highest BCUT2D eigenvalue weighted by Crippen LogP contribution is 2.20. The minimum absolute atomic E-state index is 0.0469. The largest absolute Gasteiger partial charge is 0.492 e. The Hall–Kier alpha value is -1.97. The molecule has 0 spiro atoms. The van der Waals surface area contributed by atoms with Gasteiger partial charge in [-0.2, -0.15) is 0 Å². The van der Waals surface area contributed by atoms with Crippen LogP contribution in [0.3, 0.4) is 0 Å². The molecule has 76 valence electrons. The van der Waals surface area contributed by atoms with E-state index in [0.29, 0.717) is 11.3 Å². The van der Waals surface area contributed by atoms with Crippen LogP contribution in [0.15, 0.2) is 24.0 Å². The number of carbonyl (C=O) groups excluding carboxylic acids is 2. The van der Waals surface area contributed by atoms with Gasteiger partial charge in [-0.15, -0.1) is 0 Å². The molecule has 0 aromatic carbocycles. The number of Topliss-reactive ketones (excluding diaryl/α,β-unsaturated/α-hetero) is 1. The van der Waals surface area contributed by atoms with Gasteiger partial charge in [0.2, 0.25) is 5.78 Å². The molecule has 4 heteroatoms. The standard InChI is InChI=1S/C11H9NO3/c1-6-3-4-7-8(13)5-9(15-2)11(14)10(7)12-6/h3-5H,1-2H3. The van der Waals surface area contributed by atoms with Crippen molar-refractivity contribution < 1.29 is 14.3 Å². The number of aryl methyl sites for hydroxylation is 1. The molecule has 0 saturated carbocycles. The number of hydrogen-bond donors (Lipinski definition) is 0. The Bertz CT molecular complexity index is 489. The SMILES string of the molecule is COC1=CC(=O)c2ccc(C)nc2C1=O. The Morgan fingerprint density at radius 3 is 2.67 bits per heavy atom. The Kier molecular flexibility index (Phi) is 2.11. The van der Waals surface area contributed by atoms with E-state index in [1.165, 1.54) is 13.2 Å². The fourth-order valence-corrected chi connectivity index (χ4v) is 1.46. The molecule has 4 nitrogen and oxygen atoms in total. The molecule has 0 bridgehead atoms. The molecular formula is C11H9NO3. The zero-order valence-corrected chi connectivity index (χ0v) is 8.40. The fourth-order valence-electron chi connectivity index (χ4n) is 1.46. The van der Waals surface area contributed by atoms with E-state index in [1.807, 2.05) is 0 Å². The second-order valence-electron chi connectivity index (χ2n) is 3.25. The van der Waals surface area contributed by atoms with Crippen LogP contribution in [0.4, 0.5) is 0 Å². The summed E-state index contributed by atoms with van der Waals surface area (Å²) in [7, 11) is 1.36. The summed E-state index contributed by atoms with van der Waals surface area (Å²) in [6, 6.07) is 3.32. The molecule has 15 heavy (non-hydrogen) atoms. The maximum absolute atomic E-state index is 11.7. The summed E-state index contributed by atoms with van der Waals surface area (Å²) in [6.07, 6.45) is 1.20. The summed E-state index contributed by atoms with van der Waals surface area (Å²) in [5.74, 6) is -0.532. The fraction of sp³-hybridized carbons (Fsp3) is 0.182. The molecule has 0 amide bonds. The summed E-state index contributed by atoms with van der Waals surface area (Å²) < 4.78 is 4.82. The predicted molar refractivity (Wildman–Crippen MR) is 52.7 cm³/mol. The van der Waals surface area contributed by atoms with Crippen molar-refractivity contribution in [1.29, 1.82) is 0 Å². The number of allylic oxidation sites excluding steroid dienone is 2. The first kappa shape index (κ1) is 9.58. The lowest BCUT2D eigenvalue weighted by molar-refractivity contribution is 0.0911. The smallest absolute Gasteiger partial charge is 0.246 e. The molecule has 0 fully saturated rings. The van der Waals surface area contributed by atoms with Crippen LogP contribution in [-0.4, -0.2) is 23.7 Å². The topological polar surface area (TPSA) is 56.3 Å². The van der Waals surface area contributed by atoms with Crippen molar-refractivity contribution in [2.45, 2.75) is 6.92 Å². The third kappa shape index (κ3) is 1.44. The summed E-state index contributed by atoms with van der Waals surface area (Å²) >= 11 is 0. The summed E-state index contributed by atoms with van der Waals surface area (Å²) in [5.41, 5.74) is 1.22. The first-order valence-corrected chi connectivity index (χ1v) is 4.46. The van der Waals surface area contributed by atoms with Gasteiger partial charge in [-0.25, -0.2) is 4.98 Å². The number of hydrogen-bond acceptors (Lipinski definition) is 4. The Morgan fingerprint density at radius 2 is 2.00 bits per heavy atom. The van der Waals surface area contributed by atoms with Gasteiger partial charge in [0.05, 0.1) is 12.7 Å². The van der Waals surface area contributed by atoms with Crippen LogP contribution in [0.5, 0.6) is 0 Å². The molecule has 0 unspecified atom stereocenters. The van der Waals surface area contributed by atoms with Crippen molar-refractivity contribution in [3.8, 4) is 0 Å². The van der Waals surface area contributed by atoms with Gasteiger partial charge in [-0.3, -0.25) is 9.59 Å². The molecule has 0 radical (unpaired) electrons. The first-order valence-electron chi connectivity index (χ1n) is 4.46. The van der Waals surface area contributed by atoms with Crippen molar-refractivity contribution in [2.75, 3.05) is 7.11 Å². The van der Waals surface area contributed by atoms with E-state index in [2.05, 4.69) is 4.98 Å². The van der Waals surface area contributed by atoms with Gasteiger partial charge >= 0.3 is 0 Å². The molecule has 1 aliphatic rings. The second-order valence-corrected chi connectivity index (χ2v) is 3.25. The zero-order chi connectivity index (χ0) is 11.0. The van der Waals surface area contributed by atoms with Crippen molar-refractivity contribution in [3.05, 3.63) is 40.9 Å². The average molecular weight is 203 g/mol. The van der Waals surface area contributed by atoms with E-state index >= 15 is 0 Å². The highest BCUT2D eigenvalue weighted by atomic mass is 16.5. The third-order valence-corrected chi connectivity index (χ3v) is 2.22. The lowest BCUT2D eigenvalue weighted by atomic mass is 9.98. The van der Waals surface area contributed by atoms with Crippen LogP contribution in [0.2, 0.25) is 0 Å². The lowest BCUT2D eigenvalue weighted by Crippen LogP contribution is -2.19. The quantitative estimate of drug-likeness (QED) is 0.690. The number of ether oxygens (including phenoxy) is 1. The van der Waals surface area contributed by atoms with Crippen LogP contribution >= 0.6 is 0 Å². The van der Waals surface area contributed by atoms with Crippen LogP contribution < -0.4 is 0 Å². The van der Waals surface area contributed by atoms with E-state index in [0.717, 1.165) is 0 Å². The Labute approximate surface area is 86.6 Å². The minimum atomic E-state index is -0.337. The van der Waals surface area contributed by atoms with Crippen LogP contribution in [0.25, 0.3) is 0 Å². The Morgan fingerprint density at radius 1 is 1.27 bits per heavy atom. The summed E-state index contributed by atoms with van der Waals surface area (Å²) in [5, 5.41) is 0. The van der Waals surface area contributed by atoms with Crippen molar-refractivity contribution in [2.24, 2.45) is 0 Å². The molecule has 1 heterocycles. The molecule has 0 saturated heterocycles. The third-order valence-electron chi connectivity index (χ3n) is 2.22. The summed E-state index contributed by atoms with van der Waals surface area (Å²) in [4.78, 5) is 27.4. The van der Waals surface area contributed by atoms with Gasteiger partial charge in [0.1, 0.15) is 5.69 Å². The van der Waals surface area contributed by atoms with E-state index < -0.39 is 0 Å².